The van der Waals surface area contributed by atoms with Crippen molar-refractivity contribution < 1.29 is 8.42 Å². The number of sulfone groups is 1. The number of nitrogen functional groups attached to an aromatic ring is 1. The predicted octanol–water partition coefficient (Wildman–Crippen LogP) is 0.533. The molecule has 0 atom stereocenters. The zero-order chi connectivity index (χ0) is 12.3. The van der Waals surface area contributed by atoms with E-state index in [1.54, 1.807) is 12.1 Å². The van der Waals surface area contributed by atoms with E-state index in [1.165, 1.54) is 6.20 Å². The van der Waals surface area contributed by atoms with E-state index in [-0.39, 0.29) is 16.5 Å². The summed E-state index contributed by atoms with van der Waals surface area (Å²) in [6.45, 7) is 2.55. The van der Waals surface area contributed by atoms with Crippen LogP contribution in [0, 0.1) is 0 Å². The molecule has 1 fully saturated rings. The second kappa shape index (κ2) is 5.01. The summed E-state index contributed by atoms with van der Waals surface area (Å²) in [4.78, 5) is 6.03. The Morgan fingerprint density at radius 2 is 2.06 bits per heavy atom. The third kappa shape index (κ3) is 2.95. The van der Waals surface area contributed by atoms with Crippen LogP contribution < -0.4 is 5.73 Å². The molecule has 2 rings (SSSR count). The minimum Gasteiger partial charge on any atom is -0.396 e. The molecule has 5 nitrogen and oxygen atoms in total. The van der Waals surface area contributed by atoms with Gasteiger partial charge in [0.25, 0.3) is 0 Å². The fourth-order valence-electron chi connectivity index (χ4n) is 2.02. The molecule has 1 aliphatic rings. The van der Waals surface area contributed by atoms with Crippen LogP contribution in [0.5, 0.6) is 0 Å². The molecule has 94 valence electrons. The molecule has 17 heavy (non-hydrogen) atoms. The molecule has 6 heteroatoms. The Balaban J connectivity index is 2.06. The van der Waals surface area contributed by atoms with Gasteiger partial charge in [-0.1, -0.05) is 0 Å². The van der Waals surface area contributed by atoms with Crippen LogP contribution in [0.3, 0.4) is 0 Å². The predicted molar refractivity (Wildman–Crippen MR) is 66.4 cm³/mol. The van der Waals surface area contributed by atoms with E-state index in [0.717, 1.165) is 25.9 Å². The number of anilines is 1. The maximum atomic E-state index is 12.0. The molecule has 0 saturated carbocycles. The number of likely N-dealkylation sites (tertiary alicyclic amines) is 1. The SMILES string of the molecule is Nc1cccnc1S(=O)(=O)CCN1CCCC1. The van der Waals surface area contributed by atoms with Gasteiger partial charge in [0, 0.05) is 12.7 Å². The lowest BCUT2D eigenvalue weighted by molar-refractivity contribution is 0.359. The summed E-state index contributed by atoms with van der Waals surface area (Å²) in [5.74, 6) is 0.0915. The van der Waals surface area contributed by atoms with E-state index in [0.29, 0.717) is 6.54 Å². The summed E-state index contributed by atoms with van der Waals surface area (Å²) < 4.78 is 24.1. The molecule has 1 aromatic heterocycles. The first-order chi connectivity index (χ1) is 8.09. The van der Waals surface area contributed by atoms with Crippen LogP contribution in [0.4, 0.5) is 5.69 Å². The smallest absolute Gasteiger partial charge is 0.198 e. The molecule has 0 aliphatic carbocycles. The van der Waals surface area contributed by atoms with Crippen molar-refractivity contribution in [1.82, 2.24) is 9.88 Å². The van der Waals surface area contributed by atoms with Crippen molar-refractivity contribution in [3.63, 3.8) is 0 Å². The first-order valence-electron chi connectivity index (χ1n) is 5.75. The van der Waals surface area contributed by atoms with Crippen molar-refractivity contribution in [2.75, 3.05) is 31.1 Å². The molecule has 0 spiro atoms. The highest BCUT2D eigenvalue weighted by molar-refractivity contribution is 7.91. The van der Waals surface area contributed by atoms with Gasteiger partial charge in [-0.15, -0.1) is 0 Å². The third-order valence-corrected chi connectivity index (χ3v) is 4.62. The zero-order valence-corrected chi connectivity index (χ0v) is 10.5. The van der Waals surface area contributed by atoms with Gasteiger partial charge in [0.2, 0.25) is 0 Å². The van der Waals surface area contributed by atoms with Gasteiger partial charge >= 0.3 is 0 Å². The molecule has 1 saturated heterocycles. The van der Waals surface area contributed by atoms with Crippen molar-refractivity contribution in [3.8, 4) is 0 Å². The Morgan fingerprint density at radius 1 is 1.35 bits per heavy atom. The van der Waals surface area contributed by atoms with E-state index in [9.17, 15) is 8.42 Å². The summed E-state index contributed by atoms with van der Waals surface area (Å²) in [5.41, 5.74) is 5.87. The molecule has 1 aliphatic heterocycles. The van der Waals surface area contributed by atoms with Crippen LogP contribution in [-0.4, -0.2) is 43.7 Å². The molecule has 0 aromatic carbocycles. The van der Waals surface area contributed by atoms with Crippen LogP contribution >= 0.6 is 0 Å². The highest BCUT2D eigenvalue weighted by atomic mass is 32.2. The lowest BCUT2D eigenvalue weighted by Crippen LogP contribution is -2.27. The molecule has 2 N–H and O–H groups in total. The maximum Gasteiger partial charge on any atom is 0.198 e. The molecule has 2 heterocycles. The fraction of sp³-hybridized carbons (Fsp3) is 0.545. The third-order valence-electron chi connectivity index (χ3n) is 2.97. The average molecular weight is 255 g/mol. The van der Waals surface area contributed by atoms with Crippen molar-refractivity contribution in [2.45, 2.75) is 17.9 Å². The molecular formula is C11H17N3O2S. The number of nitrogens with zero attached hydrogens (tertiary/aromatic N) is 2. The van der Waals surface area contributed by atoms with Gasteiger partial charge < -0.3 is 10.6 Å². The van der Waals surface area contributed by atoms with Gasteiger partial charge in [-0.05, 0) is 38.1 Å². The molecule has 0 radical (unpaired) electrons. The van der Waals surface area contributed by atoms with Crippen LogP contribution in [0.2, 0.25) is 0 Å². The van der Waals surface area contributed by atoms with E-state index >= 15 is 0 Å². The number of aromatic nitrogens is 1. The number of pyridine rings is 1. The van der Waals surface area contributed by atoms with E-state index in [2.05, 4.69) is 9.88 Å². The topological polar surface area (TPSA) is 76.3 Å². The van der Waals surface area contributed by atoms with E-state index in [4.69, 9.17) is 5.73 Å². The van der Waals surface area contributed by atoms with Crippen molar-refractivity contribution in [3.05, 3.63) is 18.3 Å². The Kier molecular flexibility index (Phi) is 3.63. The monoisotopic (exact) mass is 255 g/mol. The summed E-state index contributed by atoms with van der Waals surface area (Å²) in [6, 6.07) is 3.20. The van der Waals surface area contributed by atoms with E-state index in [1.807, 2.05) is 0 Å². The van der Waals surface area contributed by atoms with Gasteiger partial charge in [0.15, 0.2) is 14.9 Å². The highest BCUT2D eigenvalue weighted by Crippen LogP contribution is 2.16. The lowest BCUT2D eigenvalue weighted by atomic mass is 10.4. The first-order valence-corrected chi connectivity index (χ1v) is 7.40. The Bertz CT molecular complexity index is 481. The minimum absolute atomic E-state index is 0.0131. The molecule has 1 aromatic rings. The maximum absolute atomic E-state index is 12.0. The van der Waals surface area contributed by atoms with Gasteiger partial charge in [0.1, 0.15) is 0 Å². The van der Waals surface area contributed by atoms with Gasteiger partial charge in [-0.25, -0.2) is 13.4 Å². The van der Waals surface area contributed by atoms with Crippen molar-refractivity contribution in [2.24, 2.45) is 0 Å². The number of rotatable bonds is 4. The molecule has 0 unspecified atom stereocenters. The highest BCUT2D eigenvalue weighted by Gasteiger charge is 2.21. The van der Waals surface area contributed by atoms with Crippen LogP contribution in [0.1, 0.15) is 12.8 Å². The second-order valence-corrected chi connectivity index (χ2v) is 6.29. The average Bonchev–Trinajstić information content (AvgIpc) is 2.80. The normalized spacial score (nSPS) is 17.4. The molecular weight excluding hydrogens is 238 g/mol. The Morgan fingerprint density at radius 3 is 2.71 bits per heavy atom. The number of hydrogen-bond donors (Lipinski definition) is 1. The number of hydrogen-bond acceptors (Lipinski definition) is 5. The standard InChI is InChI=1S/C11H17N3O2S/c12-10-4-3-5-13-11(10)17(15,16)9-8-14-6-1-2-7-14/h3-5H,1-2,6-9,12H2. The van der Waals surface area contributed by atoms with Crippen LogP contribution in [0.25, 0.3) is 0 Å². The van der Waals surface area contributed by atoms with Crippen molar-refractivity contribution in [1.29, 1.82) is 0 Å². The lowest BCUT2D eigenvalue weighted by Gasteiger charge is -2.14. The molecule has 0 amide bonds. The van der Waals surface area contributed by atoms with Crippen LogP contribution in [0.15, 0.2) is 23.4 Å². The number of nitrogens with two attached hydrogens (primary N) is 1. The van der Waals surface area contributed by atoms with Gasteiger partial charge in [-0.2, -0.15) is 0 Å². The van der Waals surface area contributed by atoms with E-state index < -0.39 is 9.84 Å². The Labute approximate surface area is 102 Å². The second-order valence-electron chi connectivity index (χ2n) is 4.27. The fourth-order valence-corrected chi connectivity index (χ4v) is 3.36. The van der Waals surface area contributed by atoms with Crippen LogP contribution in [-0.2, 0) is 9.84 Å². The van der Waals surface area contributed by atoms with Gasteiger partial charge in [0.05, 0.1) is 11.4 Å². The minimum atomic E-state index is -3.36. The summed E-state index contributed by atoms with van der Waals surface area (Å²) in [7, 11) is -3.36. The van der Waals surface area contributed by atoms with Gasteiger partial charge in [-0.3, -0.25) is 0 Å². The zero-order valence-electron chi connectivity index (χ0n) is 9.67. The largest absolute Gasteiger partial charge is 0.396 e. The summed E-state index contributed by atoms with van der Waals surface area (Å²) in [5, 5.41) is 0.0131. The molecule has 0 bridgehead atoms. The Hall–Kier alpha value is -1.14. The first kappa shape index (κ1) is 12.3. The van der Waals surface area contributed by atoms with Crippen molar-refractivity contribution >= 4 is 15.5 Å². The summed E-state index contributed by atoms with van der Waals surface area (Å²) >= 11 is 0. The quantitative estimate of drug-likeness (QED) is 0.849. The summed E-state index contributed by atoms with van der Waals surface area (Å²) in [6.07, 6.45) is 3.77.